The van der Waals surface area contributed by atoms with Gasteiger partial charge in [-0.15, -0.1) is 0 Å². The molecule has 1 saturated heterocycles. The highest BCUT2D eigenvalue weighted by Gasteiger charge is 2.27. The molecule has 2 rings (SSSR count). The summed E-state index contributed by atoms with van der Waals surface area (Å²) >= 11 is 5.93. The molecule has 1 aromatic rings. The van der Waals surface area contributed by atoms with E-state index in [1.54, 1.807) is 0 Å². The molecule has 2 N–H and O–H groups in total. The zero-order chi connectivity index (χ0) is 13.1. The first-order valence-electron chi connectivity index (χ1n) is 6.45. The number of halogens is 1. The van der Waals surface area contributed by atoms with Gasteiger partial charge in [0.15, 0.2) is 0 Å². The highest BCUT2D eigenvalue weighted by molar-refractivity contribution is 6.30. The monoisotopic (exact) mass is 268 g/mol. The third-order valence-electron chi connectivity index (χ3n) is 3.37. The van der Waals surface area contributed by atoms with E-state index in [-0.39, 0.29) is 18.2 Å². The molecule has 0 spiro atoms. The molecule has 3 atom stereocenters. The minimum Gasteiger partial charge on any atom is -0.373 e. The fourth-order valence-electron chi connectivity index (χ4n) is 2.65. The Morgan fingerprint density at radius 3 is 2.33 bits per heavy atom. The van der Waals surface area contributed by atoms with Crippen molar-refractivity contribution in [1.82, 2.24) is 4.90 Å². The van der Waals surface area contributed by atoms with Gasteiger partial charge in [0.05, 0.1) is 12.2 Å². The minimum atomic E-state index is 0.246. The van der Waals surface area contributed by atoms with Gasteiger partial charge in [0.2, 0.25) is 0 Å². The number of hydrogen-bond acceptors (Lipinski definition) is 3. The van der Waals surface area contributed by atoms with Crippen LogP contribution < -0.4 is 5.73 Å². The highest BCUT2D eigenvalue weighted by atomic mass is 35.5. The number of morpholine rings is 1. The molecule has 18 heavy (non-hydrogen) atoms. The lowest BCUT2D eigenvalue weighted by atomic mass is 10.0. The van der Waals surface area contributed by atoms with Crippen molar-refractivity contribution in [3.63, 3.8) is 0 Å². The highest BCUT2D eigenvalue weighted by Crippen LogP contribution is 2.25. The van der Waals surface area contributed by atoms with Gasteiger partial charge in [-0.1, -0.05) is 23.7 Å². The lowest BCUT2D eigenvalue weighted by molar-refractivity contribution is -0.0799. The van der Waals surface area contributed by atoms with Crippen molar-refractivity contribution in [3.8, 4) is 0 Å². The standard InChI is InChI=1S/C14H21ClN2O/c1-10-8-17(9-11(2)18-10)14(7-16)12-3-5-13(15)6-4-12/h3-6,10-11,14H,7-9,16H2,1-2H3/t10-,11+,14-/m1/s1. The van der Waals surface area contributed by atoms with Crippen LogP contribution in [0.2, 0.25) is 5.02 Å². The summed E-state index contributed by atoms with van der Waals surface area (Å²) in [5.41, 5.74) is 7.17. The summed E-state index contributed by atoms with van der Waals surface area (Å²) in [5.74, 6) is 0. The fourth-order valence-corrected chi connectivity index (χ4v) is 2.78. The van der Waals surface area contributed by atoms with Gasteiger partial charge >= 0.3 is 0 Å². The number of nitrogens with two attached hydrogens (primary N) is 1. The Morgan fingerprint density at radius 1 is 1.28 bits per heavy atom. The molecule has 3 nitrogen and oxygen atoms in total. The van der Waals surface area contributed by atoms with Gasteiger partial charge < -0.3 is 10.5 Å². The number of hydrogen-bond donors (Lipinski definition) is 1. The van der Waals surface area contributed by atoms with Crippen LogP contribution in [-0.2, 0) is 4.74 Å². The summed E-state index contributed by atoms with van der Waals surface area (Å²) in [4.78, 5) is 2.40. The molecule has 0 amide bonds. The molecule has 0 saturated carbocycles. The maximum atomic E-state index is 5.95. The van der Waals surface area contributed by atoms with Crippen LogP contribution in [0.25, 0.3) is 0 Å². The Hall–Kier alpha value is -0.610. The molecule has 100 valence electrons. The second-order valence-electron chi connectivity index (χ2n) is 5.01. The Bertz CT molecular complexity index is 372. The molecule has 0 aliphatic carbocycles. The normalized spacial score (nSPS) is 27.1. The lowest BCUT2D eigenvalue weighted by Gasteiger charge is -2.40. The van der Waals surface area contributed by atoms with Crippen LogP contribution in [0.1, 0.15) is 25.5 Å². The van der Waals surface area contributed by atoms with E-state index in [9.17, 15) is 0 Å². The molecule has 1 fully saturated rings. The molecule has 1 aliphatic rings. The summed E-state index contributed by atoms with van der Waals surface area (Å²) < 4.78 is 5.76. The SMILES string of the molecule is C[C@@H]1CN([C@H](CN)c2ccc(Cl)cc2)C[C@H](C)O1. The van der Waals surface area contributed by atoms with Gasteiger partial charge in [-0.05, 0) is 31.5 Å². The van der Waals surface area contributed by atoms with Gasteiger partial charge in [-0.2, -0.15) is 0 Å². The Morgan fingerprint density at radius 2 is 1.83 bits per heavy atom. The maximum absolute atomic E-state index is 5.95. The number of nitrogens with zero attached hydrogens (tertiary/aromatic N) is 1. The van der Waals surface area contributed by atoms with Crippen molar-refractivity contribution < 1.29 is 4.74 Å². The van der Waals surface area contributed by atoms with Crippen molar-refractivity contribution in [3.05, 3.63) is 34.9 Å². The summed E-state index contributed by atoms with van der Waals surface area (Å²) in [6.45, 7) is 6.68. The van der Waals surface area contributed by atoms with E-state index < -0.39 is 0 Å². The van der Waals surface area contributed by atoms with Crippen molar-refractivity contribution in [2.24, 2.45) is 5.73 Å². The molecule has 1 aliphatic heterocycles. The molecule has 0 radical (unpaired) electrons. The topological polar surface area (TPSA) is 38.5 Å². The van der Waals surface area contributed by atoms with E-state index in [0.29, 0.717) is 6.54 Å². The van der Waals surface area contributed by atoms with Gasteiger partial charge in [0.25, 0.3) is 0 Å². The Balaban J connectivity index is 2.14. The Kier molecular flexibility index (Phi) is 4.62. The van der Waals surface area contributed by atoms with Crippen molar-refractivity contribution >= 4 is 11.6 Å². The van der Waals surface area contributed by atoms with Crippen molar-refractivity contribution in [1.29, 1.82) is 0 Å². The van der Waals surface area contributed by atoms with Gasteiger partial charge in [0, 0.05) is 30.7 Å². The van der Waals surface area contributed by atoms with Gasteiger partial charge in [-0.3, -0.25) is 4.90 Å². The van der Waals surface area contributed by atoms with E-state index in [4.69, 9.17) is 22.1 Å². The van der Waals surface area contributed by atoms with Gasteiger partial charge in [0.1, 0.15) is 0 Å². The second-order valence-corrected chi connectivity index (χ2v) is 5.45. The number of ether oxygens (including phenoxy) is 1. The van der Waals surface area contributed by atoms with Crippen LogP contribution in [-0.4, -0.2) is 36.7 Å². The molecule has 0 bridgehead atoms. The molecule has 0 unspecified atom stereocenters. The molecule has 1 heterocycles. The molecule has 0 aromatic heterocycles. The second kappa shape index (κ2) is 6.02. The van der Waals surface area contributed by atoms with Crippen molar-refractivity contribution in [2.75, 3.05) is 19.6 Å². The first-order chi connectivity index (χ1) is 8.60. The summed E-state index contributed by atoms with van der Waals surface area (Å²) in [5, 5.41) is 0.762. The zero-order valence-corrected chi connectivity index (χ0v) is 11.7. The van der Waals surface area contributed by atoms with Crippen LogP contribution in [0.15, 0.2) is 24.3 Å². The zero-order valence-electron chi connectivity index (χ0n) is 11.0. The number of rotatable bonds is 3. The van der Waals surface area contributed by atoms with E-state index in [1.807, 2.05) is 12.1 Å². The third-order valence-corrected chi connectivity index (χ3v) is 3.62. The third kappa shape index (κ3) is 3.23. The summed E-state index contributed by atoms with van der Waals surface area (Å²) in [6, 6.07) is 8.21. The summed E-state index contributed by atoms with van der Waals surface area (Å²) in [7, 11) is 0. The molecule has 4 heteroatoms. The minimum absolute atomic E-state index is 0.246. The largest absolute Gasteiger partial charge is 0.373 e. The smallest absolute Gasteiger partial charge is 0.0678 e. The van der Waals surface area contributed by atoms with Crippen LogP contribution in [0, 0.1) is 0 Å². The quantitative estimate of drug-likeness (QED) is 0.915. The van der Waals surface area contributed by atoms with E-state index >= 15 is 0 Å². The van der Waals surface area contributed by atoms with Crippen LogP contribution in [0.4, 0.5) is 0 Å². The van der Waals surface area contributed by atoms with E-state index in [0.717, 1.165) is 18.1 Å². The first kappa shape index (κ1) is 13.8. The molecule has 1 aromatic carbocycles. The molecular formula is C14H21ClN2O. The maximum Gasteiger partial charge on any atom is 0.0678 e. The van der Waals surface area contributed by atoms with E-state index in [1.165, 1.54) is 5.56 Å². The Labute approximate surface area is 114 Å². The van der Waals surface area contributed by atoms with Crippen LogP contribution >= 0.6 is 11.6 Å². The van der Waals surface area contributed by atoms with Crippen LogP contribution in [0.3, 0.4) is 0 Å². The van der Waals surface area contributed by atoms with Gasteiger partial charge in [-0.25, -0.2) is 0 Å². The average molecular weight is 269 g/mol. The van der Waals surface area contributed by atoms with E-state index in [2.05, 4.69) is 30.9 Å². The summed E-state index contributed by atoms with van der Waals surface area (Å²) in [6.07, 6.45) is 0.519. The fraction of sp³-hybridized carbons (Fsp3) is 0.571. The van der Waals surface area contributed by atoms with Crippen LogP contribution in [0.5, 0.6) is 0 Å². The molecular weight excluding hydrogens is 248 g/mol. The van der Waals surface area contributed by atoms with Crippen molar-refractivity contribution in [2.45, 2.75) is 32.1 Å². The predicted molar refractivity (Wildman–Crippen MR) is 74.8 cm³/mol. The predicted octanol–water partition coefficient (Wildman–Crippen LogP) is 2.45. The number of benzene rings is 1. The first-order valence-corrected chi connectivity index (χ1v) is 6.83. The average Bonchev–Trinajstić information content (AvgIpc) is 2.31. The lowest BCUT2D eigenvalue weighted by Crippen LogP contribution is -2.48.